The molecule has 0 aromatic heterocycles. The first-order valence-electron chi connectivity index (χ1n) is 4.96. The summed E-state index contributed by atoms with van der Waals surface area (Å²) >= 11 is 0. The predicted octanol–water partition coefficient (Wildman–Crippen LogP) is 2.67. The van der Waals surface area contributed by atoms with Crippen LogP contribution in [0.2, 0.25) is 0 Å². The molecule has 0 radical (unpaired) electrons. The number of nitrogens with one attached hydrogen (secondary N) is 1. The second kappa shape index (κ2) is 6.44. The van der Waals surface area contributed by atoms with Gasteiger partial charge in [-0.25, -0.2) is 5.48 Å². The van der Waals surface area contributed by atoms with Crippen LogP contribution < -0.4 is 5.48 Å². The largest absolute Gasteiger partial charge is 0.317 e. The third-order valence-corrected chi connectivity index (χ3v) is 2.54. The van der Waals surface area contributed by atoms with Crippen molar-refractivity contribution in [2.45, 2.75) is 40.5 Å². The predicted molar refractivity (Wildman–Crippen MR) is 52.2 cm³/mol. The molecule has 0 atom stereocenters. The van der Waals surface area contributed by atoms with Crippen molar-refractivity contribution < 1.29 is 5.21 Å². The number of hydrogen-bond acceptors (Lipinski definition) is 2. The van der Waals surface area contributed by atoms with E-state index in [0.717, 1.165) is 30.7 Å². The van der Waals surface area contributed by atoms with Gasteiger partial charge in [-0.05, 0) is 30.6 Å². The Bertz CT molecular complexity index is 94.0. The molecule has 0 aliphatic heterocycles. The molecular weight excluding hydrogens is 150 g/mol. The minimum absolute atomic E-state index is 0.718. The molecule has 0 rings (SSSR count). The van der Waals surface area contributed by atoms with Crippen molar-refractivity contribution in [1.29, 1.82) is 0 Å². The van der Waals surface area contributed by atoms with Gasteiger partial charge in [0.1, 0.15) is 0 Å². The molecule has 2 heteroatoms. The zero-order valence-corrected chi connectivity index (χ0v) is 8.80. The van der Waals surface area contributed by atoms with Crippen LogP contribution in [-0.2, 0) is 0 Å². The van der Waals surface area contributed by atoms with E-state index in [2.05, 4.69) is 33.2 Å². The van der Waals surface area contributed by atoms with Gasteiger partial charge in [-0.1, -0.05) is 27.7 Å². The third kappa shape index (κ3) is 4.73. The highest BCUT2D eigenvalue weighted by molar-refractivity contribution is 4.66. The van der Waals surface area contributed by atoms with Crippen molar-refractivity contribution in [2.24, 2.45) is 17.8 Å². The van der Waals surface area contributed by atoms with Crippen LogP contribution in [0, 0.1) is 17.8 Å². The van der Waals surface area contributed by atoms with Crippen LogP contribution in [0.3, 0.4) is 0 Å². The maximum absolute atomic E-state index is 8.41. The fourth-order valence-corrected chi connectivity index (χ4v) is 1.85. The summed E-state index contributed by atoms with van der Waals surface area (Å²) in [7, 11) is 0. The van der Waals surface area contributed by atoms with Gasteiger partial charge in [-0.15, -0.1) is 0 Å². The Kier molecular flexibility index (Phi) is 6.39. The van der Waals surface area contributed by atoms with Crippen LogP contribution in [0.25, 0.3) is 0 Å². The van der Waals surface area contributed by atoms with Crippen molar-refractivity contribution >= 4 is 0 Å². The van der Waals surface area contributed by atoms with Gasteiger partial charge in [-0.2, -0.15) is 0 Å². The monoisotopic (exact) mass is 173 g/mol. The molecule has 0 saturated carbocycles. The highest BCUT2D eigenvalue weighted by atomic mass is 16.5. The van der Waals surface area contributed by atoms with Crippen LogP contribution in [0.5, 0.6) is 0 Å². The van der Waals surface area contributed by atoms with E-state index in [1.165, 1.54) is 6.42 Å². The maximum Gasteiger partial charge on any atom is 0.0207 e. The van der Waals surface area contributed by atoms with Crippen LogP contribution in [0.15, 0.2) is 0 Å². The van der Waals surface area contributed by atoms with Gasteiger partial charge in [-0.3, -0.25) is 0 Å². The van der Waals surface area contributed by atoms with Gasteiger partial charge >= 0.3 is 0 Å². The molecular formula is C10H23NO. The van der Waals surface area contributed by atoms with Crippen molar-refractivity contribution in [3.8, 4) is 0 Å². The smallest absolute Gasteiger partial charge is 0.0207 e. The summed E-state index contributed by atoms with van der Waals surface area (Å²) in [4.78, 5) is 0. The van der Waals surface area contributed by atoms with E-state index in [-0.39, 0.29) is 0 Å². The molecule has 2 nitrogen and oxygen atoms in total. The van der Waals surface area contributed by atoms with Crippen molar-refractivity contribution in [3.63, 3.8) is 0 Å². The molecule has 0 fully saturated rings. The summed E-state index contributed by atoms with van der Waals surface area (Å²) in [6.45, 7) is 9.82. The molecule has 12 heavy (non-hydrogen) atoms. The van der Waals surface area contributed by atoms with Crippen LogP contribution in [0.4, 0.5) is 0 Å². The Morgan fingerprint density at radius 3 is 1.92 bits per heavy atom. The van der Waals surface area contributed by atoms with E-state index in [0.29, 0.717) is 0 Å². The van der Waals surface area contributed by atoms with Crippen LogP contribution >= 0.6 is 0 Å². The Hall–Kier alpha value is -0.0800. The standard InChI is InChI=1S/C10H23NO/c1-8(2)10(9(3)4)6-5-7-11-12/h8-12H,5-7H2,1-4H3. The topological polar surface area (TPSA) is 32.3 Å². The van der Waals surface area contributed by atoms with Crippen molar-refractivity contribution in [2.75, 3.05) is 6.54 Å². The van der Waals surface area contributed by atoms with Crippen LogP contribution in [0.1, 0.15) is 40.5 Å². The first-order chi connectivity index (χ1) is 5.59. The number of hydroxylamine groups is 1. The summed E-state index contributed by atoms with van der Waals surface area (Å²) in [5.74, 6) is 2.30. The highest BCUT2D eigenvalue weighted by Crippen LogP contribution is 2.24. The van der Waals surface area contributed by atoms with E-state index in [1.807, 2.05) is 0 Å². The molecule has 0 aliphatic carbocycles. The Balaban J connectivity index is 3.64. The first kappa shape index (κ1) is 11.9. The average Bonchev–Trinajstić information content (AvgIpc) is 1.96. The van der Waals surface area contributed by atoms with Crippen molar-refractivity contribution in [3.05, 3.63) is 0 Å². The molecule has 0 heterocycles. The lowest BCUT2D eigenvalue weighted by Gasteiger charge is -2.24. The van der Waals surface area contributed by atoms with Gasteiger partial charge in [0.2, 0.25) is 0 Å². The number of hydrogen-bond donors (Lipinski definition) is 2. The van der Waals surface area contributed by atoms with Gasteiger partial charge in [0.15, 0.2) is 0 Å². The molecule has 74 valence electrons. The molecule has 0 aliphatic rings. The maximum atomic E-state index is 8.41. The highest BCUT2D eigenvalue weighted by Gasteiger charge is 2.16. The fraction of sp³-hybridized carbons (Fsp3) is 1.00. The zero-order valence-electron chi connectivity index (χ0n) is 8.80. The molecule has 0 aromatic rings. The Morgan fingerprint density at radius 1 is 1.08 bits per heavy atom. The molecule has 0 saturated heterocycles. The van der Waals surface area contributed by atoms with Crippen LogP contribution in [-0.4, -0.2) is 11.8 Å². The molecule has 2 N–H and O–H groups in total. The van der Waals surface area contributed by atoms with E-state index in [1.54, 1.807) is 0 Å². The van der Waals surface area contributed by atoms with E-state index in [9.17, 15) is 0 Å². The lowest BCUT2D eigenvalue weighted by molar-refractivity contribution is 0.157. The minimum atomic E-state index is 0.718. The minimum Gasteiger partial charge on any atom is -0.317 e. The van der Waals surface area contributed by atoms with E-state index in [4.69, 9.17) is 5.21 Å². The van der Waals surface area contributed by atoms with Gasteiger partial charge in [0, 0.05) is 6.54 Å². The summed E-state index contributed by atoms with van der Waals surface area (Å²) < 4.78 is 0. The summed E-state index contributed by atoms with van der Waals surface area (Å²) in [5, 5.41) is 8.41. The third-order valence-electron chi connectivity index (χ3n) is 2.54. The summed E-state index contributed by atoms with van der Waals surface area (Å²) in [6.07, 6.45) is 2.28. The van der Waals surface area contributed by atoms with Crippen molar-refractivity contribution in [1.82, 2.24) is 5.48 Å². The molecule has 0 unspecified atom stereocenters. The van der Waals surface area contributed by atoms with Gasteiger partial charge in [0.05, 0.1) is 0 Å². The fourth-order valence-electron chi connectivity index (χ4n) is 1.85. The summed E-state index contributed by atoms with van der Waals surface area (Å²) in [6, 6.07) is 0. The Morgan fingerprint density at radius 2 is 1.58 bits per heavy atom. The lowest BCUT2D eigenvalue weighted by Crippen LogP contribution is -2.18. The normalized spacial score (nSPS) is 12.0. The lowest BCUT2D eigenvalue weighted by atomic mass is 9.82. The second-order valence-corrected chi connectivity index (χ2v) is 4.20. The SMILES string of the molecule is CC(C)C(CCCNO)C(C)C. The second-order valence-electron chi connectivity index (χ2n) is 4.20. The van der Waals surface area contributed by atoms with E-state index >= 15 is 0 Å². The quantitative estimate of drug-likeness (QED) is 0.478. The Labute approximate surface area is 76.3 Å². The molecule has 0 aromatic carbocycles. The van der Waals surface area contributed by atoms with Gasteiger partial charge in [0.25, 0.3) is 0 Å². The number of rotatable bonds is 6. The molecule has 0 spiro atoms. The average molecular weight is 173 g/mol. The first-order valence-corrected chi connectivity index (χ1v) is 4.96. The summed E-state index contributed by atoms with van der Waals surface area (Å²) in [5.41, 5.74) is 2.20. The molecule has 0 amide bonds. The molecule has 0 bridgehead atoms. The zero-order chi connectivity index (χ0) is 9.56. The van der Waals surface area contributed by atoms with Gasteiger partial charge < -0.3 is 5.21 Å². The van der Waals surface area contributed by atoms with E-state index < -0.39 is 0 Å².